The summed E-state index contributed by atoms with van der Waals surface area (Å²) in [7, 11) is -2.19. The highest BCUT2D eigenvalue weighted by atomic mass is 35.5. The largest absolute Gasteiger partial charge is 0.269 e. The Bertz CT molecular complexity index is 1010. The Kier molecular flexibility index (Phi) is 4.27. The van der Waals surface area contributed by atoms with E-state index in [4.69, 9.17) is 11.6 Å². The smallest absolute Gasteiger partial charge is 0.266 e. The summed E-state index contributed by atoms with van der Waals surface area (Å²) in [6.07, 6.45) is 0. The van der Waals surface area contributed by atoms with E-state index in [9.17, 15) is 8.42 Å². The third kappa shape index (κ3) is 2.56. The number of sulfonamides is 1. The topological polar surface area (TPSA) is 55.2 Å². The molecule has 0 aliphatic rings. The van der Waals surface area contributed by atoms with Gasteiger partial charge in [0, 0.05) is 19.0 Å². The minimum Gasteiger partial charge on any atom is -0.266 e. The normalized spacial score (nSPS) is 11.8. The summed E-state index contributed by atoms with van der Waals surface area (Å²) in [6.45, 7) is 3.75. The predicted molar refractivity (Wildman–Crippen MR) is 97.1 cm³/mol. The first-order valence-corrected chi connectivity index (χ1v) is 9.39. The molecule has 5 nitrogen and oxygen atoms in total. The molecule has 0 atom stereocenters. The van der Waals surface area contributed by atoms with E-state index in [1.807, 2.05) is 42.5 Å². The molecular formula is C17H18ClN3O2S. The van der Waals surface area contributed by atoms with Crippen LogP contribution < -0.4 is 4.31 Å². The van der Waals surface area contributed by atoms with Crippen LogP contribution >= 0.6 is 11.6 Å². The van der Waals surface area contributed by atoms with Crippen LogP contribution in [0.5, 0.6) is 0 Å². The lowest BCUT2D eigenvalue weighted by atomic mass is 10.1. The van der Waals surface area contributed by atoms with Gasteiger partial charge in [0.1, 0.15) is 10.0 Å². The number of aryl methyl sites for hydroxylation is 2. The first-order chi connectivity index (χ1) is 11.4. The van der Waals surface area contributed by atoms with Crippen molar-refractivity contribution < 1.29 is 8.42 Å². The van der Waals surface area contributed by atoms with Crippen LogP contribution in [-0.4, -0.2) is 24.7 Å². The van der Waals surface area contributed by atoms with Gasteiger partial charge in [-0.05, 0) is 25.3 Å². The van der Waals surface area contributed by atoms with E-state index in [2.05, 4.69) is 5.10 Å². The van der Waals surface area contributed by atoms with Gasteiger partial charge in [-0.15, -0.1) is 0 Å². The molecule has 0 aliphatic carbocycles. The third-order valence-electron chi connectivity index (χ3n) is 3.97. The monoisotopic (exact) mass is 363 g/mol. The van der Waals surface area contributed by atoms with Gasteiger partial charge in [0.2, 0.25) is 0 Å². The Labute approximate surface area is 146 Å². The predicted octanol–water partition coefficient (Wildman–Crippen LogP) is 3.75. The fraction of sp³-hybridized carbons (Fsp3) is 0.235. The van der Waals surface area contributed by atoms with Gasteiger partial charge in [0.25, 0.3) is 10.0 Å². The van der Waals surface area contributed by atoms with E-state index < -0.39 is 10.0 Å². The van der Waals surface area contributed by atoms with Crippen LogP contribution in [0, 0.1) is 6.92 Å². The van der Waals surface area contributed by atoms with Crippen LogP contribution in [0.2, 0.25) is 5.15 Å². The van der Waals surface area contributed by atoms with E-state index in [1.165, 1.54) is 8.99 Å². The van der Waals surface area contributed by atoms with Gasteiger partial charge in [-0.1, -0.05) is 48.0 Å². The van der Waals surface area contributed by atoms with Gasteiger partial charge >= 0.3 is 0 Å². The molecule has 0 amide bonds. The van der Waals surface area contributed by atoms with Crippen molar-refractivity contribution in [2.45, 2.75) is 18.7 Å². The van der Waals surface area contributed by atoms with Crippen molar-refractivity contribution in [1.82, 2.24) is 9.78 Å². The molecule has 3 aromatic rings. The van der Waals surface area contributed by atoms with Crippen molar-refractivity contribution in [1.29, 1.82) is 0 Å². The highest BCUT2D eigenvalue weighted by Gasteiger charge is 2.31. The van der Waals surface area contributed by atoms with Crippen LogP contribution in [0.1, 0.15) is 12.6 Å². The lowest BCUT2D eigenvalue weighted by Gasteiger charge is -2.24. The number of anilines is 1. The summed E-state index contributed by atoms with van der Waals surface area (Å²) < 4.78 is 29.3. The van der Waals surface area contributed by atoms with Crippen molar-refractivity contribution in [3.63, 3.8) is 0 Å². The summed E-state index contributed by atoms with van der Waals surface area (Å²) in [6, 6.07) is 13.3. The molecule has 24 heavy (non-hydrogen) atoms. The number of hydrogen-bond acceptors (Lipinski definition) is 3. The van der Waals surface area contributed by atoms with Gasteiger partial charge in [-0.2, -0.15) is 5.10 Å². The molecule has 0 N–H and O–H groups in total. The first-order valence-electron chi connectivity index (χ1n) is 7.57. The van der Waals surface area contributed by atoms with Crippen molar-refractivity contribution in [3.05, 3.63) is 53.3 Å². The molecule has 2 aromatic carbocycles. The van der Waals surface area contributed by atoms with Crippen molar-refractivity contribution in [3.8, 4) is 0 Å². The fourth-order valence-electron chi connectivity index (χ4n) is 2.91. The highest BCUT2D eigenvalue weighted by molar-refractivity contribution is 7.93. The molecule has 7 heteroatoms. The Morgan fingerprint density at radius 3 is 2.46 bits per heavy atom. The Balaban J connectivity index is 2.24. The maximum Gasteiger partial charge on any atom is 0.269 e. The van der Waals surface area contributed by atoms with Crippen LogP contribution in [0.3, 0.4) is 0 Å². The van der Waals surface area contributed by atoms with E-state index in [0.717, 1.165) is 10.8 Å². The molecule has 0 bridgehead atoms. The summed E-state index contributed by atoms with van der Waals surface area (Å²) in [5.74, 6) is 0. The molecule has 0 saturated carbocycles. The van der Waals surface area contributed by atoms with Crippen LogP contribution in [0.4, 0.5) is 5.69 Å². The number of aromatic nitrogens is 2. The zero-order valence-electron chi connectivity index (χ0n) is 13.7. The maximum atomic E-state index is 13.3. The SMILES string of the molecule is CCN(c1cccc2ccccc12)S(=O)(=O)c1c(C)nn(C)c1Cl. The lowest BCUT2D eigenvalue weighted by molar-refractivity contribution is 0.591. The molecule has 0 aliphatic heterocycles. The second kappa shape index (κ2) is 6.11. The number of halogens is 1. The zero-order valence-corrected chi connectivity index (χ0v) is 15.3. The molecule has 0 radical (unpaired) electrons. The molecule has 0 saturated heterocycles. The molecule has 3 rings (SSSR count). The summed E-state index contributed by atoms with van der Waals surface area (Å²) in [5, 5.41) is 6.11. The van der Waals surface area contributed by atoms with E-state index in [0.29, 0.717) is 17.9 Å². The van der Waals surface area contributed by atoms with Crippen molar-refractivity contribution in [2.24, 2.45) is 7.05 Å². The Morgan fingerprint density at radius 1 is 1.17 bits per heavy atom. The average molecular weight is 364 g/mol. The molecule has 1 heterocycles. The number of rotatable bonds is 4. The second-order valence-electron chi connectivity index (χ2n) is 5.50. The number of hydrogen-bond donors (Lipinski definition) is 0. The molecule has 126 valence electrons. The minimum absolute atomic E-state index is 0.0569. The molecule has 1 aromatic heterocycles. The number of nitrogens with zero attached hydrogens (tertiary/aromatic N) is 3. The molecular weight excluding hydrogens is 346 g/mol. The maximum absolute atomic E-state index is 13.3. The number of fused-ring (bicyclic) bond motifs is 1. The van der Waals surface area contributed by atoms with E-state index in [-0.39, 0.29) is 10.0 Å². The van der Waals surface area contributed by atoms with Crippen LogP contribution in [0.25, 0.3) is 10.8 Å². The first kappa shape index (κ1) is 16.8. The lowest BCUT2D eigenvalue weighted by Crippen LogP contribution is -2.31. The summed E-state index contributed by atoms with van der Waals surface area (Å²) in [5.41, 5.74) is 1.02. The van der Waals surface area contributed by atoms with Crippen LogP contribution in [-0.2, 0) is 17.1 Å². The van der Waals surface area contributed by atoms with Crippen LogP contribution in [0.15, 0.2) is 47.4 Å². The Hall–Kier alpha value is -2.05. The summed E-state index contributed by atoms with van der Waals surface area (Å²) >= 11 is 6.20. The molecule has 0 unspecified atom stereocenters. The van der Waals surface area contributed by atoms with E-state index in [1.54, 1.807) is 20.9 Å². The van der Waals surface area contributed by atoms with Gasteiger partial charge < -0.3 is 0 Å². The summed E-state index contributed by atoms with van der Waals surface area (Å²) in [4.78, 5) is 0.0569. The van der Waals surface area contributed by atoms with Gasteiger partial charge in [-0.3, -0.25) is 8.99 Å². The minimum atomic E-state index is -3.82. The van der Waals surface area contributed by atoms with Gasteiger partial charge in [0.05, 0.1) is 11.4 Å². The third-order valence-corrected chi connectivity index (χ3v) is 6.56. The van der Waals surface area contributed by atoms with Crippen molar-refractivity contribution >= 4 is 38.1 Å². The Morgan fingerprint density at radius 2 is 1.83 bits per heavy atom. The fourth-order valence-corrected chi connectivity index (χ4v) is 5.11. The van der Waals surface area contributed by atoms with Gasteiger partial charge in [0.15, 0.2) is 0 Å². The quantitative estimate of drug-likeness (QED) is 0.709. The number of benzene rings is 2. The zero-order chi connectivity index (χ0) is 17.5. The average Bonchev–Trinajstić information content (AvgIpc) is 2.81. The van der Waals surface area contributed by atoms with E-state index >= 15 is 0 Å². The van der Waals surface area contributed by atoms with Crippen molar-refractivity contribution in [2.75, 3.05) is 10.8 Å². The second-order valence-corrected chi connectivity index (χ2v) is 7.65. The molecule has 0 fully saturated rings. The van der Waals surface area contributed by atoms with Gasteiger partial charge in [-0.25, -0.2) is 8.42 Å². The standard InChI is InChI=1S/C17H18ClN3O2S/c1-4-21(15-11-7-9-13-8-5-6-10-14(13)15)24(22,23)16-12(2)19-20(3)17(16)18/h5-11H,4H2,1-3H3. The molecule has 0 spiro atoms. The highest BCUT2D eigenvalue weighted by Crippen LogP contribution is 2.34.